The first kappa shape index (κ1) is 23.9. The third kappa shape index (κ3) is 3.95. The molecule has 0 radical (unpaired) electrons. The van der Waals surface area contributed by atoms with Crippen molar-refractivity contribution in [3.05, 3.63) is 35.4 Å². The van der Waals surface area contributed by atoms with E-state index in [0.29, 0.717) is 0 Å². The molecule has 184 valence electrons. The molecule has 0 aliphatic carbocycles. The van der Waals surface area contributed by atoms with Crippen LogP contribution in [-0.4, -0.2) is 85.4 Å². The zero-order valence-electron chi connectivity index (χ0n) is 18.0. The zero-order chi connectivity index (χ0) is 24.9. The predicted molar refractivity (Wildman–Crippen MR) is 111 cm³/mol. The second kappa shape index (κ2) is 8.81. The lowest BCUT2D eigenvalue weighted by Crippen LogP contribution is -2.59. The van der Waals surface area contributed by atoms with Gasteiger partial charge in [0.05, 0.1) is 13.2 Å². The molecule has 1 fully saturated rings. The number of aliphatic hydroxyl groups is 3. The first-order valence-electron chi connectivity index (χ1n) is 10.2. The Balaban J connectivity index is 1.80. The molecule has 2 aromatic carbocycles. The highest BCUT2D eigenvalue weighted by atomic mass is 16.7. The van der Waals surface area contributed by atoms with Crippen molar-refractivity contribution in [2.75, 3.05) is 7.11 Å². The number of carbonyl (C=O) groups excluding carboxylic acids is 1. The van der Waals surface area contributed by atoms with Crippen molar-refractivity contribution in [2.24, 2.45) is 0 Å². The Morgan fingerprint density at radius 2 is 1.56 bits per heavy atom. The number of methoxy groups -OCH3 is 1. The Bertz CT molecular complexity index is 1080. The van der Waals surface area contributed by atoms with Gasteiger partial charge in [-0.15, -0.1) is 0 Å². The van der Waals surface area contributed by atoms with E-state index in [1.807, 2.05) is 0 Å². The predicted octanol–water partition coefficient (Wildman–Crippen LogP) is 0.0467. The van der Waals surface area contributed by atoms with Gasteiger partial charge < -0.3 is 54.7 Å². The van der Waals surface area contributed by atoms with E-state index in [-0.39, 0.29) is 28.4 Å². The molecular weight excluding hydrogens is 456 g/mol. The number of benzene rings is 2. The van der Waals surface area contributed by atoms with E-state index >= 15 is 0 Å². The van der Waals surface area contributed by atoms with Gasteiger partial charge in [-0.2, -0.15) is 0 Å². The molecule has 2 aliphatic heterocycles. The standard InChI is InChI=1S/C22H24O12/c1-7-15(26)18(29)19(30)22(32-7)34-21-17(28)14-12(31-2)5-9(23)6-13(14)33-20(21)8-3-10(24)16(27)11(25)4-8/h3-7,15,18-27,29-30H,1-2H3. The van der Waals surface area contributed by atoms with Crippen LogP contribution in [0.3, 0.4) is 0 Å². The summed E-state index contributed by atoms with van der Waals surface area (Å²) >= 11 is 0. The van der Waals surface area contributed by atoms with E-state index in [1.165, 1.54) is 20.1 Å². The summed E-state index contributed by atoms with van der Waals surface area (Å²) in [6.07, 6.45) is -10.3. The Morgan fingerprint density at radius 1 is 0.912 bits per heavy atom. The van der Waals surface area contributed by atoms with Crippen molar-refractivity contribution in [3.8, 4) is 34.5 Å². The van der Waals surface area contributed by atoms with Gasteiger partial charge in [-0.25, -0.2) is 0 Å². The number of phenolic OH excluding ortho intramolecular Hbond substituents is 4. The molecular formula is C22H24O12. The van der Waals surface area contributed by atoms with E-state index in [9.17, 15) is 40.5 Å². The molecule has 12 nitrogen and oxygen atoms in total. The summed E-state index contributed by atoms with van der Waals surface area (Å²) in [5, 5.41) is 70.1. The maximum atomic E-state index is 13.5. The second-order valence-electron chi connectivity index (χ2n) is 8.07. The van der Waals surface area contributed by atoms with Gasteiger partial charge in [0.15, 0.2) is 35.7 Å². The highest BCUT2D eigenvalue weighted by molar-refractivity contribution is 6.06. The highest BCUT2D eigenvalue weighted by Crippen LogP contribution is 2.46. The SMILES string of the molecule is COc1cc(O)cc2c1C(=O)C(OC1OC(C)C(O)C(O)C1O)C(c1cc(O)c(O)c(O)c1)O2. The third-order valence-corrected chi connectivity index (χ3v) is 5.81. The molecule has 2 aliphatic rings. The molecule has 34 heavy (non-hydrogen) atoms. The summed E-state index contributed by atoms with van der Waals surface area (Å²) in [7, 11) is 1.27. The van der Waals surface area contributed by atoms with E-state index in [2.05, 4.69) is 0 Å². The maximum absolute atomic E-state index is 13.5. The van der Waals surface area contributed by atoms with Gasteiger partial charge in [-0.3, -0.25) is 4.79 Å². The second-order valence-corrected chi connectivity index (χ2v) is 8.07. The number of ether oxygens (including phenoxy) is 4. The normalized spacial score (nSPS) is 31.0. The Kier molecular flexibility index (Phi) is 6.18. The molecule has 7 atom stereocenters. The summed E-state index contributed by atoms with van der Waals surface area (Å²) in [5.41, 5.74) is -0.0919. The van der Waals surface area contributed by atoms with Crippen LogP contribution in [0.2, 0.25) is 0 Å². The summed E-state index contributed by atoms with van der Waals surface area (Å²) in [6.45, 7) is 1.43. The fourth-order valence-corrected chi connectivity index (χ4v) is 3.99. The number of phenols is 4. The van der Waals surface area contributed by atoms with Crippen LogP contribution in [0.25, 0.3) is 0 Å². The van der Waals surface area contributed by atoms with Crippen molar-refractivity contribution in [2.45, 2.75) is 49.8 Å². The average Bonchev–Trinajstić information content (AvgIpc) is 2.79. The van der Waals surface area contributed by atoms with E-state index in [4.69, 9.17) is 18.9 Å². The lowest BCUT2D eigenvalue weighted by Gasteiger charge is -2.42. The smallest absolute Gasteiger partial charge is 0.203 e. The maximum Gasteiger partial charge on any atom is 0.203 e. The largest absolute Gasteiger partial charge is 0.508 e. The monoisotopic (exact) mass is 480 g/mol. The summed E-state index contributed by atoms with van der Waals surface area (Å²) in [4.78, 5) is 13.5. The van der Waals surface area contributed by atoms with Crippen LogP contribution >= 0.6 is 0 Å². The molecule has 1 saturated heterocycles. The van der Waals surface area contributed by atoms with E-state index in [0.717, 1.165) is 18.2 Å². The van der Waals surface area contributed by atoms with Crippen molar-refractivity contribution in [3.63, 3.8) is 0 Å². The summed E-state index contributed by atoms with van der Waals surface area (Å²) in [6, 6.07) is 4.42. The van der Waals surface area contributed by atoms with E-state index in [1.54, 1.807) is 0 Å². The van der Waals surface area contributed by atoms with Crippen LogP contribution < -0.4 is 9.47 Å². The molecule has 0 bridgehead atoms. The van der Waals surface area contributed by atoms with Crippen molar-refractivity contribution < 1.29 is 59.5 Å². The van der Waals surface area contributed by atoms with Crippen molar-refractivity contribution >= 4 is 5.78 Å². The van der Waals surface area contributed by atoms with Gasteiger partial charge in [0.2, 0.25) is 5.78 Å². The Morgan fingerprint density at radius 3 is 2.18 bits per heavy atom. The van der Waals surface area contributed by atoms with Crippen LogP contribution in [0.5, 0.6) is 34.5 Å². The Hall–Kier alpha value is -3.29. The number of rotatable bonds is 4. The number of hydrogen-bond acceptors (Lipinski definition) is 12. The van der Waals surface area contributed by atoms with E-state index < -0.39 is 65.9 Å². The van der Waals surface area contributed by atoms with Crippen LogP contribution in [-0.2, 0) is 9.47 Å². The molecule has 0 amide bonds. The molecule has 0 spiro atoms. The van der Waals surface area contributed by atoms with Crippen LogP contribution in [0, 0.1) is 0 Å². The van der Waals surface area contributed by atoms with Gasteiger partial charge >= 0.3 is 0 Å². The zero-order valence-corrected chi connectivity index (χ0v) is 18.0. The number of carbonyl (C=O) groups is 1. The van der Waals surface area contributed by atoms with Gasteiger partial charge in [0.1, 0.15) is 41.1 Å². The van der Waals surface area contributed by atoms with Crippen molar-refractivity contribution in [1.82, 2.24) is 0 Å². The number of ketones is 1. The third-order valence-electron chi connectivity index (χ3n) is 5.81. The van der Waals surface area contributed by atoms with Gasteiger partial charge in [-0.05, 0) is 19.1 Å². The molecule has 0 aromatic heterocycles. The first-order valence-corrected chi connectivity index (χ1v) is 10.2. The molecule has 2 aromatic rings. The first-order chi connectivity index (χ1) is 16.0. The lowest BCUT2D eigenvalue weighted by molar-refractivity contribution is -0.304. The minimum Gasteiger partial charge on any atom is -0.508 e. The van der Waals surface area contributed by atoms with Crippen LogP contribution in [0.15, 0.2) is 24.3 Å². The number of aromatic hydroxyl groups is 4. The van der Waals surface area contributed by atoms with Crippen LogP contribution in [0.4, 0.5) is 0 Å². The summed E-state index contributed by atoms with van der Waals surface area (Å²) in [5.74, 6) is -3.31. The number of aliphatic hydroxyl groups excluding tert-OH is 3. The minimum atomic E-state index is -1.73. The van der Waals surface area contributed by atoms with Gasteiger partial charge in [-0.1, -0.05) is 0 Å². The molecule has 12 heteroatoms. The Labute approximate surface area is 192 Å². The number of hydrogen-bond donors (Lipinski definition) is 7. The molecule has 7 unspecified atom stereocenters. The summed E-state index contributed by atoms with van der Waals surface area (Å²) < 4.78 is 22.3. The topological polar surface area (TPSA) is 196 Å². The minimum absolute atomic E-state index is 0.00181. The van der Waals surface area contributed by atoms with Gasteiger partial charge in [0, 0.05) is 17.7 Å². The fourth-order valence-electron chi connectivity index (χ4n) is 3.99. The van der Waals surface area contributed by atoms with Crippen molar-refractivity contribution in [1.29, 1.82) is 0 Å². The molecule has 7 N–H and O–H groups in total. The average molecular weight is 480 g/mol. The molecule has 0 saturated carbocycles. The number of fused-ring (bicyclic) bond motifs is 1. The lowest BCUT2D eigenvalue weighted by atomic mass is 9.91. The highest BCUT2D eigenvalue weighted by Gasteiger charge is 2.48. The van der Waals surface area contributed by atoms with Gasteiger partial charge in [0.25, 0.3) is 0 Å². The van der Waals surface area contributed by atoms with Crippen LogP contribution in [0.1, 0.15) is 28.9 Å². The fraction of sp³-hybridized carbons (Fsp3) is 0.409. The number of Topliss-reactive ketones (excluding diaryl/α,β-unsaturated/α-hetero) is 1. The quantitative estimate of drug-likeness (QED) is 0.291. The molecule has 4 rings (SSSR count). The molecule has 2 heterocycles.